The molecule has 0 fully saturated rings. The lowest BCUT2D eigenvalue weighted by Crippen LogP contribution is -2.58. The molecule has 2 aromatic heterocycles. The number of fused-ring (bicyclic) bond motifs is 11. The molecule has 4 heteroatoms. The largest absolute Gasteiger partial charge is 0.458 e. The van der Waals surface area contributed by atoms with E-state index in [2.05, 4.69) is 151 Å². The van der Waals surface area contributed by atoms with E-state index < -0.39 is 0 Å². The zero-order valence-electron chi connectivity index (χ0n) is 24.9. The first-order valence-corrected chi connectivity index (χ1v) is 15.5. The number of rotatable bonds is 1. The van der Waals surface area contributed by atoms with Crippen LogP contribution < -0.4 is 21.1 Å². The first-order valence-electron chi connectivity index (χ1n) is 15.5. The van der Waals surface area contributed by atoms with Gasteiger partial charge in [0.2, 0.25) is 0 Å². The fraction of sp³-hybridized carbons (Fsp3) is 0.100. The Morgan fingerprint density at radius 2 is 1.25 bits per heavy atom. The van der Waals surface area contributed by atoms with Crippen molar-refractivity contribution in [3.8, 4) is 22.9 Å². The molecule has 0 atom stereocenters. The third-order valence-corrected chi connectivity index (χ3v) is 9.92. The van der Waals surface area contributed by atoms with Crippen LogP contribution in [0.3, 0.4) is 0 Å². The van der Waals surface area contributed by atoms with Crippen molar-refractivity contribution in [1.82, 2.24) is 9.13 Å². The van der Waals surface area contributed by atoms with Crippen LogP contribution in [-0.4, -0.2) is 15.8 Å². The Morgan fingerprint density at radius 3 is 2.05 bits per heavy atom. The van der Waals surface area contributed by atoms with E-state index in [1.165, 1.54) is 76.9 Å². The fourth-order valence-corrected chi connectivity index (χ4v) is 8.00. The maximum Gasteiger partial charge on any atom is 0.256 e. The van der Waals surface area contributed by atoms with Crippen LogP contribution in [0.5, 0.6) is 11.5 Å². The molecule has 44 heavy (non-hydrogen) atoms. The molecular formula is C40H29BN2O. The fourth-order valence-electron chi connectivity index (χ4n) is 8.00. The van der Waals surface area contributed by atoms with Crippen LogP contribution >= 0.6 is 0 Å². The summed E-state index contributed by atoms with van der Waals surface area (Å²) in [6.07, 6.45) is 0. The minimum absolute atomic E-state index is 0.0862. The van der Waals surface area contributed by atoms with Gasteiger partial charge in [0.1, 0.15) is 11.5 Å². The second-order valence-electron chi connectivity index (χ2n) is 13.3. The molecule has 0 radical (unpaired) electrons. The van der Waals surface area contributed by atoms with Gasteiger partial charge < -0.3 is 13.9 Å². The smallest absolute Gasteiger partial charge is 0.256 e. The van der Waals surface area contributed by atoms with Gasteiger partial charge in [-0.2, -0.15) is 0 Å². The normalized spacial score (nSPS) is 13.5. The molecule has 0 saturated carbocycles. The molecule has 8 aromatic rings. The van der Waals surface area contributed by atoms with Gasteiger partial charge in [0.25, 0.3) is 6.71 Å². The van der Waals surface area contributed by atoms with E-state index in [0.717, 1.165) is 11.5 Å². The number of hydrogen-bond acceptors (Lipinski definition) is 1. The van der Waals surface area contributed by atoms with Crippen LogP contribution in [0.15, 0.2) is 121 Å². The first kappa shape index (κ1) is 24.3. The molecule has 6 aromatic carbocycles. The number of aromatic nitrogens is 2. The molecule has 0 bridgehead atoms. The molecule has 0 spiro atoms. The van der Waals surface area contributed by atoms with Crippen molar-refractivity contribution in [2.45, 2.75) is 26.2 Å². The molecular weight excluding hydrogens is 535 g/mol. The number of hydrogen-bond donors (Lipinski definition) is 0. The minimum atomic E-state index is 0.0862. The molecule has 2 aliphatic rings. The van der Waals surface area contributed by atoms with E-state index in [4.69, 9.17) is 4.74 Å². The van der Waals surface area contributed by atoms with Gasteiger partial charge in [0.15, 0.2) is 0 Å². The molecule has 0 N–H and O–H groups in total. The van der Waals surface area contributed by atoms with Gasteiger partial charge in [0, 0.05) is 32.9 Å². The molecule has 208 valence electrons. The average molecular weight is 564 g/mol. The van der Waals surface area contributed by atoms with Crippen molar-refractivity contribution in [1.29, 1.82) is 0 Å². The lowest BCUT2D eigenvalue weighted by Gasteiger charge is -2.33. The Balaban J connectivity index is 1.43. The Hall–Kier alpha value is -5.22. The van der Waals surface area contributed by atoms with Crippen molar-refractivity contribution in [3.63, 3.8) is 0 Å². The van der Waals surface area contributed by atoms with Gasteiger partial charge in [-0.3, -0.25) is 0 Å². The topological polar surface area (TPSA) is 19.1 Å². The van der Waals surface area contributed by atoms with Crippen LogP contribution in [0.1, 0.15) is 26.3 Å². The van der Waals surface area contributed by atoms with Gasteiger partial charge in [-0.1, -0.05) is 99.6 Å². The summed E-state index contributed by atoms with van der Waals surface area (Å²) in [7, 11) is 0. The van der Waals surface area contributed by atoms with Gasteiger partial charge in [-0.25, -0.2) is 0 Å². The van der Waals surface area contributed by atoms with Crippen LogP contribution in [-0.2, 0) is 5.41 Å². The second-order valence-corrected chi connectivity index (χ2v) is 13.3. The van der Waals surface area contributed by atoms with Crippen LogP contribution in [0, 0.1) is 0 Å². The molecule has 3 nitrogen and oxygen atoms in total. The van der Waals surface area contributed by atoms with Crippen LogP contribution in [0.2, 0.25) is 0 Å². The summed E-state index contributed by atoms with van der Waals surface area (Å²) < 4.78 is 11.6. The summed E-state index contributed by atoms with van der Waals surface area (Å²) in [6.45, 7) is 6.92. The second kappa shape index (κ2) is 8.24. The summed E-state index contributed by atoms with van der Waals surface area (Å²) in [5.74, 6) is 1.89. The van der Waals surface area contributed by atoms with Crippen molar-refractivity contribution in [2.24, 2.45) is 0 Å². The predicted octanol–water partition coefficient (Wildman–Crippen LogP) is 8.11. The summed E-state index contributed by atoms with van der Waals surface area (Å²) in [5.41, 5.74) is 12.7. The SMILES string of the molecule is CC(C)(C)c1ccc(-n2c3ccccc3c3cc4c5c(c6ccccc6n5-c5cccc6c5B4c4ccccc4O6)c32)cc1. The number of para-hydroxylation sites is 3. The van der Waals surface area contributed by atoms with Crippen molar-refractivity contribution in [2.75, 3.05) is 0 Å². The zero-order valence-corrected chi connectivity index (χ0v) is 24.9. The van der Waals surface area contributed by atoms with Gasteiger partial charge in [-0.15, -0.1) is 0 Å². The van der Waals surface area contributed by atoms with Gasteiger partial charge >= 0.3 is 0 Å². The van der Waals surface area contributed by atoms with Crippen molar-refractivity contribution < 1.29 is 4.74 Å². The Labute approximate surface area is 256 Å². The van der Waals surface area contributed by atoms with Gasteiger partial charge in [-0.05, 0) is 69.8 Å². The Morgan fingerprint density at radius 1 is 0.568 bits per heavy atom. The minimum Gasteiger partial charge on any atom is -0.458 e. The lowest BCUT2D eigenvalue weighted by molar-refractivity contribution is 0.487. The molecule has 2 aliphatic heterocycles. The van der Waals surface area contributed by atoms with Crippen LogP contribution in [0.4, 0.5) is 0 Å². The van der Waals surface area contributed by atoms with E-state index in [1.54, 1.807) is 0 Å². The van der Waals surface area contributed by atoms with Gasteiger partial charge in [0.05, 0.1) is 22.1 Å². The standard InChI is InChI=1S/C40H29BN2O/c1-40(2,3)24-19-21-25(22-20-24)42-31-14-7-4-11-26(31)28-23-30-39-36(38(28)42)27-12-5-8-15-32(27)43(39)33-16-10-18-35-37(33)41(30)29-13-6-9-17-34(29)44-35/h4-23H,1-3H3. The molecule has 0 unspecified atom stereocenters. The van der Waals surface area contributed by atoms with Crippen LogP contribution in [0.25, 0.3) is 55.0 Å². The van der Waals surface area contributed by atoms with E-state index in [9.17, 15) is 0 Å². The maximum atomic E-state index is 6.56. The third-order valence-electron chi connectivity index (χ3n) is 9.92. The summed E-state index contributed by atoms with van der Waals surface area (Å²) in [4.78, 5) is 0. The van der Waals surface area contributed by atoms with Crippen molar-refractivity contribution >= 4 is 66.7 Å². The Kier molecular flexibility index (Phi) is 4.54. The predicted molar refractivity (Wildman–Crippen MR) is 185 cm³/mol. The third kappa shape index (κ3) is 2.98. The lowest BCUT2D eigenvalue weighted by atomic mass is 9.34. The quantitative estimate of drug-likeness (QED) is 0.184. The summed E-state index contributed by atoms with van der Waals surface area (Å²) in [6, 6.07) is 44.6. The highest BCUT2D eigenvalue weighted by atomic mass is 16.5. The van der Waals surface area contributed by atoms with E-state index in [1.807, 2.05) is 0 Å². The highest BCUT2D eigenvalue weighted by molar-refractivity contribution is 6.99. The molecule has 0 amide bonds. The van der Waals surface area contributed by atoms with Crippen molar-refractivity contribution in [3.05, 3.63) is 127 Å². The Bertz CT molecular complexity index is 2510. The monoisotopic (exact) mass is 564 g/mol. The average Bonchev–Trinajstić information content (AvgIpc) is 3.56. The molecule has 0 saturated heterocycles. The first-order chi connectivity index (χ1) is 21.5. The molecule has 4 heterocycles. The van der Waals surface area contributed by atoms with E-state index in [-0.39, 0.29) is 12.1 Å². The number of nitrogens with zero attached hydrogens (tertiary/aromatic N) is 2. The molecule has 10 rings (SSSR count). The van der Waals surface area contributed by atoms with E-state index in [0.29, 0.717) is 0 Å². The zero-order chi connectivity index (χ0) is 29.3. The molecule has 0 aliphatic carbocycles. The maximum absolute atomic E-state index is 6.56. The summed E-state index contributed by atoms with van der Waals surface area (Å²) >= 11 is 0. The highest BCUT2D eigenvalue weighted by Gasteiger charge is 2.41. The van der Waals surface area contributed by atoms with E-state index >= 15 is 0 Å². The highest BCUT2D eigenvalue weighted by Crippen LogP contribution is 2.43. The number of ether oxygens (including phenoxy) is 1. The summed E-state index contributed by atoms with van der Waals surface area (Å²) in [5, 5.41) is 5.15. The number of benzene rings is 6.